The van der Waals surface area contributed by atoms with Crippen LogP contribution < -0.4 is 5.32 Å². The van der Waals surface area contributed by atoms with Crippen molar-refractivity contribution in [1.29, 1.82) is 0 Å². The zero-order chi connectivity index (χ0) is 10.1. The molecule has 1 heterocycles. The maximum absolute atomic E-state index is 12.8. The van der Waals surface area contributed by atoms with Crippen molar-refractivity contribution in [2.75, 3.05) is 20.1 Å². The maximum Gasteiger partial charge on any atom is 0.257 e. The Hall–Kier alpha value is -0.220. The molecule has 1 saturated heterocycles. The van der Waals surface area contributed by atoms with E-state index in [1.54, 1.807) is 0 Å². The lowest BCUT2D eigenvalue weighted by molar-refractivity contribution is 0.0368. The Bertz CT molecular complexity index is 163. The fraction of sp³-hybridized carbons (Fsp3) is 1.00. The number of nitrogens with zero attached hydrogens (tertiary/aromatic N) is 1. The molecule has 13 heavy (non-hydrogen) atoms. The van der Waals surface area contributed by atoms with E-state index in [0.717, 1.165) is 0 Å². The van der Waals surface area contributed by atoms with Gasteiger partial charge >= 0.3 is 0 Å². The second kappa shape index (κ2) is 3.88. The minimum Gasteiger partial charge on any atom is -0.306 e. The second-order valence-electron chi connectivity index (χ2n) is 3.96. The van der Waals surface area contributed by atoms with Crippen LogP contribution in [-0.4, -0.2) is 43.0 Å². The predicted molar refractivity (Wildman–Crippen MR) is 49.1 cm³/mol. The maximum atomic E-state index is 12.8. The third-order valence-electron chi connectivity index (χ3n) is 2.89. The summed E-state index contributed by atoms with van der Waals surface area (Å²) in [4.78, 5) is 1.98. The first-order valence-electron chi connectivity index (χ1n) is 4.75. The smallest absolute Gasteiger partial charge is 0.257 e. The highest BCUT2D eigenvalue weighted by molar-refractivity contribution is 5.01. The van der Waals surface area contributed by atoms with Gasteiger partial charge in [-0.15, -0.1) is 0 Å². The molecule has 0 radical (unpaired) electrons. The Balaban J connectivity index is 2.70. The van der Waals surface area contributed by atoms with Gasteiger partial charge in [-0.25, -0.2) is 8.78 Å². The summed E-state index contributed by atoms with van der Waals surface area (Å²) in [6.07, 6.45) is -1.74. The van der Waals surface area contributed by atoms with Gasteiger partial charge in [-0.2, -0.15) is 0 Å². The quantitative estimate of drug-likeness (QED) is 0.725. The van der Waals surface area contributed by atoms with Crippen LogP contribution in [0.1, 0.15) is 20.3 Å². The molecule has 0 aliphatic carbocycles. The molecule has 0 saturated carbocycles. The molecule has 0 bridgehead atoms. The standard InChI is InChI=1S/C9H18F2N2/c1-4-12-9(8(10)11)5-7(2)13(3)6-9/h7-8,12H,4-6H2,1-3H3. The van der Waals surface area contributed by atoms with Crippen molar-refractivity contribution >= 4 is 0 Å². The Morgan fingerprint density at radius 2 is 2.23 bits per heavy atom. The fourth-order valence-corrected chi connectivity index (χ4v) is 2.06. The summed E-state index contributed by atoms with van der Waals surface area (Å²) < 4.78 is 25.7. The number of rotatable bonds is 3. The Labute approximate surface area is 78.3 Å². The van der Waals surface area contributed by atoms with Crippen molar-refractivity contribution in [2.24, 2.45) is 0 Å². The third kappa shape index (κ3) is 1.99. The lowest BCUT2D eigenvalue weighted by Gasteiger charge is -2.28. The van der Waals surface area contributed by atoms with Crippen molar-refractivity contribution in [3.63, 3.8) is 0 Å². The highest BCUT2D eigenvalue weighted by Crippen LogP contribution is 2.30. The van der Waals surface area contributed by atoms with Crippen molar-refractivity contribution < 1.29 is 8.78 Å². The molecular formula is C9H18F2N2. The van der Waals surface area contributed by atoms with Crippen molar-refractivity contribution in [1.82, 2.24) is 10.2 Å². The van der Waals surface area contributed by atoms with Crippen LogP contribution in [0, 0.1) is 0 Å². The fourth-order valence-electron chi connectivity index (χ4n) is 2.06. The summed E-state index contributed by atoms with van der Waals surface area (Å²) in [6.45, 7) is 4.90. The summed E-state index contributed by atoms with van der Waals surface area (Å²) >= 11 is 0. The van der Waals surface area contributed by atoms with Gasteiger partial charge in [0.05, 0.1) is 5.54 Å². The first kappa shape index (κ1) is 10.9. The van der Waals surface area contributed by atoms with Crippen LogP contribution in [0.15, 0.2) is 0 Å². The summed E-state index contributed by atoms with van der Waals surface area (Å²) in [7, 11) is 1.89. The lowest BCUT2D eigenvalue weighted by Crippen LogP contribution is -2.53. The van der Waals surface area contributed by atoms with Gasteiger partial charge < -0.3 is 10.2 Å². The molecule has 2 atom stereocenters. The molecule has 2 nitrogen and oxygen atoms in total. The molecule has 0 amide bonds. The van der Waals surface area contributed by atoms with Crippen molar-refractivity contribution in [3.8, 4) is 0 Å². The molecule has 0 aromatic carbocycles. The zero-order valence-electron chi connectivity index (χ0n) is 8.48. The van der Waals surface area contributed by atoms with Crippen LogP contribution in [0.2, 0.25) is 0 Å². The number of likely N-dealkylation sites (N-methyl/N-ethyl adjacent to an activating group) is 2. The van der Waals surface area contributed by atoms with Crippen LogP contribution >= 0.6 is 0 Å². The van der Waals surface area contributed by atoms with E-state index in [0.29, 0.717) is 19.5 Å². The van der Waals surface area contributed by atoms with E-state index in [4.69, 9.17) is 0 Å². The zero-order valence-corrected chi connectivity index (χ0v) is 8.48. The largest absolute Gasteiger partial charge is 0.306 e. The average molecular weight is 192 g/mol. The van der Waals surface area contributed by atoms with Gasteiger partial charge in [0.25, 0.3) is 6.43 Å². The number of hydrogen-bond acceptors (Lipinski definition) is 2. The summed E-state index contributed by atoms with van der Waals surface area (Å²) in [5.74, 6) is 0. The van der Waals surface area contributed by atoms with Crippen LogP contribution in [0.3, 0.4) is 0 Å². The number of likely N-dealkylation sites (tertiary alicyclic amines) is 1. The van der Waals surface area contributed by atoms with Gasteiger partial charge in [0.1, 0.15) is 0 Å². The summed E-state index contributed by atoms with van der Waals surface area (Å²) in [5.41, 5.74) is -0.969. The van der Waals surface area contributed by atoms with Crippen molar-refractivity contribution in [2.45, 2.75) is 38.3 Å². The van der Waals surface area contributed by atoms with Gasteiger partial charge in [-0.3, -0.25) is 0 Å². The van der Waals surface area contributed by atoms with Gasteiger partial charge in [0.15, 0.2) is 0 Å². The monoisotopic (exact) mass is 192 g/mol. The number of halogens is 2. The number of nitrogens with one attached hydrogen (secondary N) is 1. The predicted octanol–water partition coefficient (Wildman–Crippen LogP) is 1.32. The number of hydrogen-bond donors (Lipinski definition) is 1. The molecule has 1 aliphatic rings. The Kier molecular flexibility index (Phi) is 3.24. The molecule has 1 fully saturated rings. The van der Waals surface area contributed by atoms with Gasteiger partial charge in [-0.1, -0.05) is 6.92 Å². The van der Waals surface area contributed by atoms with Crippen LogP contribution in [0.5, 0.6) is 0 Å². The van der Waals surface area contributed by atoms with Crippen LogP contribution in [0.4, 0.5) is 8.78 Å². The SMILES string of the molecule is CCNC1(C(F)F)CC(C)N(C)C1. The molecule has 0 aromatic rings. The first-order chi connectivity index (χ1) is 6.02. The summed E-state index contributed by atoms with van der Waals surface area (Å²) in [5, 5.41) is 2.93. The molecule has 0 spiro atoms. The molecule has 78 valence electrons. The Morgan fingerprint density at radius 3 is 2.54 bits per heavy atom. The minimum atomic E-state index is -2.28. The molecule has 2 unspecified atom stereocenters. The van der Waals surface area contributed by atoms with E-state index >= 15 is 0 Å². The topological polar surface area (TPSA) is 15.3 Å². The minimum absolute atomic E-state index is 0.244. The van der Waals surface area contributed by atoms with E-state index in [2.05, 4.69) is 5.32 Å². The molecular weight excluding hydrogens is 174 g/mol. The highest BCUT2D eigenvalue weighted by Gasteiger charge is 2.46. The summed E-state index contributed by atoms with van der Waals surface area (Å²) in [6, 6.07) is 0.244. The lowest BCUT2D eigenvalue weighted by atomic mass is 9.97. The van der Waals surface area contributed by atoms with E-state index in [1.165, 1.54) is 0 Å². The van der Waals surface area contributed by atoms with E-state index in [-0.39, 0.29) is 6.04 Å². The van der Waals surface area contributed by atoms with Crippen LogP contribution in [0.25, 0.3) is 0 Å². The molecule has 1 aliphatic heterocycles. The van der Waals surface area contributed by atoms with E-state index in [9.17, 15) is 8.78 Å². The van der Waals surface area contributed by atoms with Crippen molar-refractivity contribution in [3.05, 3.63) is 0 Å². The molecule has 1 N–H and O–H groups in total. The third-order valence-corrected chi connectivity index (χ3v) is 2.89. The number of alkyl halides is 2. The van der Waals surface area contributed by atoms with Gasteiger partial charge in [-0.05, 0) is 26.9 Å². The molecule has 4 heteroatoms. The van der Waals surface area contributed by atoms with Gasteiger partial charge in [0.2, 0.25) is 0 Å². The average Bonchev–Trinajstić information content (AvgIpc) is 2.29. The van der Waals surface area contributed by atoms with E-state index in [1.807, 2.05) is 25.8 Å². The first-order valence-corrected chi connectivity index (χ1v) is 4.75. The normalized spacial score (nSPS) is 36.0. The molecule has 1 rings (SSSR count). The van der Waals surface area contributed by atoms with Gasteiger partial charge in [0, 0.05) is 12.6 Å². The van der Waals surface area contributed by atoms with Crippen LogP contribution in [-0.2, 0) is 0 Å². The van der Waals surface area contributed by atoms with E-state index < -0.39 is 12.0 Å². The highest BCUT2D eigenvalue weighted by atomic mass is 19.3. The second-order valence-corrected chi connectivity index (χ2v) is 3.96. The Morgan fingerprint density at radius 1 is 1.62 bits per heavy atom. The molecule has 0 aromatic heterocycles.